The van der Waals surface area contributed by atoms with Crippen LogP contribution < -0.4 is 15.4 Å². The van der Waals surface area contributed by atoms with Crippen molar-refractivity contribution in [1.29, 1.82) is 0 Å². The molecular weight excluding hydrogens is 299 g/mol. The van der Waals surface area contributed by atoms with E-state index in [2.05, 4.69) is 14.9 Å². The lowest BCUT2D eigenvalue weighted by Gasteiger charge is -2.32. The standard InChI is InChI=1S/C13H22N4O.2ClH/c1-2-18-12-6-8-15-13(16-12)17-9-3-4-11(10-17)5-7-14;;/h6,8,11H,2-5,7,9-10,14H2,1H3;2*1H. The summed E-state index contributed by atoms with van der Waals surface area (Å²) >= 11 is 0. The Morgan fingerprint density at radius 2 is 2.25 bits per heavy atom. The number of aromatic nitrogens is 2. The van der Waals surface area contributed by atoms with Crippen LogP contribution in [0.15, 0.2) is 12.3 Å². The van der Waals surface area contributed by atoms with E-state index in [1.807, 2.05) is 6.92 Å². The molecule has 5 nitrogen and oxygen atoms in total. The number of rotatable bonds is 5. The lowest BCUT2D eigenvalue weighted by Crippen LogP contribution is -2.37. The van der Waals surface area contributed by atoms with Crippen LogP contribution in [0.5, 0.6) is 5.88 Å². The Labute approximate surface area is 133 Å². The third kappa shape index (κ3) is 5.31. The van der Waals surface area contributed by atoms with Crippen LogP contribution in [0.1, 0.15) is 26.2 Å². The van der Waals surface area contributed by atoms with Gasteiger partial charge in [0.15, 0.2) is 0 Å². The Balaban J connectivity index is 0.00000180. The van der Waals surface area contributed by atoms with E-state index in [1.54, 1.807) is 12.3 Å². The molecule has 0 amide bonds. The van der Waals surface area contributed by atoms with E-state index in [0.29, 0.717) is 18.4 Å². The van der Waals surface area contributed by atoms with E-state index in [9.17, 15) is 0 Å². The third-order valence-electron chi connectivity index (χ3n) is 3.29. The molecule has 1 aliphatic heterocycles. The summed E-state index contributed by atoms with van der Waals surface area (Å²) in [7, 11) is 0. The van der Waals surface area contributed by atoms with Crippen LogP contribution in [0.2, 0.25) is 0 Å². The molecule has 1 saturated heterocycles. The van der Waals surface area contributed by atoms with Crippen LogP contribution in [-0.2, 0) is 0 Å². The van der Waals surface area contributed by atoms with Crippen molar-refractivity contribution in [3.8, 4) is 5.88 Å². The molecular formula is C13H24Cl2N4O. The quantitative estimate of drug-likeness (QED) is 0.901. The molecule has 1 aromatic rings. The molecule has 2 heterocycles. The van der Waals surface area contributed by atoms with Gasteiger partial charge in [-0.1, -0.05) is 0 Å². The topological polar surface area (TPSA) is 64.3 Å². The highest BCUT2D eigenvalue weighted by Gasteiger charge is 2.21. The van der Waals surface area contributed by atoms with E-state index in [4.69, 9.17) is 10.5 Å². The first-order chi connectivity index (χ1) is 8.83. The van der Waals surface area contributed by atoms with Gasteiger partial charge in [-0.3, -0.25) is 0 Å². The van der Waals surface area contributed by atoms with Crippen molar-refractivity contribution < 1.29 is 4.74 Å². The predicted molar refractivity (Wildman–Crippen MR) is 86.3 cm³/mol. The molecule has 1 aliphatic rings. The van der Waals surface area contributed by atoms with Gasteiger partial charge >= 0.3 is 0 Å². The Kier molecular flexibility index (Phi) is 9.63. The monoisotopic (exact) mass is 322 g/mol. The molecule has 0 aromatic carbocycles. The van der Waals surface area contributed by atoms with Crippen LogP contribution in [-0.4, -0.2) is 36.2 Å². The summed E-state index contributed by atoms with van der Waals surface area (Å²) in [4.78, 5) is 11.0. The first-order valence-electron chi connectivity index (χ1n) is 6.74. The van der Waals surface area contributed by atoms with Gasteiger partial charge in [0.05, 0.1) is 6.61 Å². The van der Waals surface area contributed by atoms with Crippen LogP contribution in [0.4, 0.5) is 5.95 Å². The van der Waals surface area contributed by atoms with Gasteiger partial charge in [-0.05, 0) is 38.6 Å². The maximum absolute atomic E-state index is 5.64. The van der Waals surface area contributed by atoms with E-state index in [0.717, 1.165) is 32.0 Å². The third-order valence-corrected chi connectivity index (χ3v) is 3.29. The summed E-state index contributed by atoms with van der Waals surface area (Å²) in [5.74, 6) is 2.11. The number of nitrogens with two attached hydrogens (primary N) is 1. The molecule has 1 unspecified atom stereocenters. The molecule has 0 radical (unpaired) electrons. The normalized spacial score (nSPS) is 17.9. The summed E-state index contributed by atoms with van der Waals surface area (Å²) < 4.78 is 5.41. The number of halogens is 2. The molecule has 1 atom stereocenters. The summed E-state index contributed by atoms with van der Waals surface area (Å²) in [6, 6.07) is 1.80. The second-order valence-corrected chi connectivity index (χ2v) is 4.66. The lowest BCUT2D eigenvalue weighted by atomic mass is 9.95. The summed E-state index contributed by atoms with van der Waals surface area (Å²) in [5.41, 5.74) is 5.64. The Morgan fingerprint density at radius 3 is 2.95 bits per heavy atom. The number of hydrogen-bond acceptors (Lipinski definition) is 5. The molecule has 1 fully saturated rings. The minimum Gasteiger partial charge on any atom is -0.478 e. The zero-order chi connectivity index (χ0) is 12.8. The molecule has 2 N–H and O–H groups in total. The number of anilines is 1. The van der Waals surface area contributed by atoms with Gasteiger partial charge in [-0.25, -0.2) is 4.98 Å². The largest absolute Gasteiger partial charge is 0.478 e. The highest BCUT2D eigenvalue weighted by atomic mass is 35.5. The minimum atomic E-state index is 0. The molecule has 116 valence electrons. The van der Waals surface area contributed by atoms with Crippen LogP contribution >= 0.6 is 24.8 Å². The second kappa shape index (κ2) is 10.0. The highest BCUT2D eigenvalue weighted by Crippen LogP contribution is 2.23. The Morgan fingerprint density at radius 1 is 1.45 bits per heavy atom. The smallest absolute Gasteiger partial charge is 0.228 e. The number of ether oxygens (including phenoxy) is 1. The maximum Gasteiger partial charge on any atom is 0.228 e. The summed E-state index contributed by atoms with van der Waals surface area (Å²) in [5, 5.41) is 0. The van der Waals surface area contributed by atoms with Crippen molar-refractivity contribution in [3.63, 3.8) is 0 Å². The molecule has 0 aliphatic carbocycles. The van der Waals surface area contributed by atoms with Crippen molar-refractivity contribution in [2.75, 3.05) is 31.1 Å². The second-order valence-electron chi connectivity index (χ2n) is 4.66. The fourth-order valence-corrected chi connectivity index (χ4v) is 2.43. The number of nitrogens with zero attached hydrogens (tertiary/aromatic N) is 3. The fraction of sp³-hybridized carbons (Fsp3) is 0.692. The van der Waals surface area contributed by atoms with Crippen LogP contribution in [0.3, 0.4) is 0 Å². The number of piperidine rings is 1. The van der Waals surface area contributed by atoms with E-state index >= 15 is 0 Å². The van der Waals surface area contributed by atoms with Gasteiger partial charge in [-0.2, -0.15) is 4.98 Å². The molecule has 0 spiro atoms. The summed E-state index contributed by atoms with van der Waals surface area (Å²) in [6.45, 7) is 5.38. The molecule has 7 heteroatoms. The van der Waals surface area contributed by atoms with Gasteiger partial charge in [0, 0.05) is 25.4 Å². The predicted octanol–water partition coefficient (Wildman–Crippen LogP) is 2.28. The van der Waals surface area contributed by atoms with Crippen LogP contribution in [0.25, 0.3) is 0 Å². The molecule has 1 aromatic heterocycles. The Bertz CT molecular complexity index is 379. The zero-order valence-electron chi connectivity index (χ0n) is 11.8. The van der Waals surface area contributed by atoms with E-state index < -0.39 is 0 Å². The SMILES string of the molecule is CCOc1ccnc(N2CCCC(CCN)C2)n1.Cl.Cl. The zero-order valence-corrected chi connectivity index (χ0v) is 13.5. The van der Waals surface area contributed by atoms with Crippen molar-refractivity contribution in [3.05, 3.63) is 12.3 Å². The van der Waals surface area contributed by atoms with Gasteiger partial charge < -0.3 is 15.4 Å². The van der Waals surface area contributed by atoms with Crippen molar-refractivity contribution in [2.24, 2.45) is 11.7 Å². The van der Waals surface area contributed by atoms with Crippen molar-refractivity contribution >= 4 is 30.8 Å². The number of hydrogen-bond donors (Lipinski definition) is 1. The average molecular weight is 323 g/mol. The molecule has 0 bridgehead atoms. The molecule has 20 heavy (non-hydrogen) atoms. The lowest BCUT2D eigenvalue weighted by molar-refractivity contribution is 0.325. The minimum absolute atomic E-state index is 0. The first-order valence-corrected chi connectivity index (χ1v) is 6.74. The van der Waals surface area contributed by atoms with Gasteiger partial charge in [0.25, 0.3) is 0 Å². The van der Waals surface area contributed by atoms with E-state index in [-0.39, 0.29) is 24.8 Å². The maximum atomic E-state index is 5.64. The van der Waals surface area contributed by atoms with Crippen molar-refractivity contribution in [1.82, 2.24) is 9.97 Å². The highest BCUT2D eigenvalue weighted by molar-refractivity contribution is 5.85. The average Bonchev–Trinajstić information content (AvgIpc) is 2.40. The van der Waals surface area contributed by atoms with Gasteiger partial charge in [-0.15, -0.1) is 24.8 Å². The van der Waals surface area contributed by atoms with Gasteiger partial charge in [0.1, 0.15) is 0 Å². The fourth-order valence-electron chi connectivity index (χ4n) is 2.43. The first kappa shape index (κ1) is 19.2. The van der Waals surface area contributed by atoms with Crippen molar-refractivity contribution in [2.45, 2.75) is 26.2 Å². The molecule has 0 saturated carbocycles. The summed E-state index contributed by atoms with van der Waals surface area (Å²) in [6.07, 6.45) is 5.30. The Hall–Kier alpha value is -0.780. The van der Waals surface area contributed by atoms with Crippen LogP contribution in [0, 0.1) is 5.92 Å². The van der Waals surface area contributed by atoms with E-state index in [1.165, 1.54) is 12.8 Å². The molecule has 2 rings (SSSR count). The van der Waals surface area contributed by atoms with Gasteiger partial charge in [0.2, 0.25) is 11.8 Å².